The van der Waals surface area contributed by atoms with Crippen LogP contribution in [0.2, 0.25) is 0 Å². The number of carbonyl (C=O) groups is 1. The number of nitrogens with zero attached hydrogens (tertiary/aromatic N) is 4. The van der Waals surface area contributed by atoms with E-state index in [2.05, 4.69) is 53.5 Å². The molecule has 1 N–H and O–H groups in total. The quantitative estimate of drug-likeness (QED) is 0.435. The second kappa shape index (κ2) is 11.2. The third kappa shape index (κ3) is 5.08. The molecular formula is C34H52N4O3. The molecule has 2 heterocycles. The fourth-order valence-electron chi connectivity index (χ4n) is 10.5. The van der Waals surface area contributed by atoms with Gasteiger partial charge in [-0.3, -0.25) is 4.79 Å². The van der Waals surface area contributed by atoms with Gasteiger partial charge in [-0.15, -0.1) is 0 Å². The first-order valence-corrected chi connectivity index (χ1v) is 16.4. The zero-order valence-corrected chi connectivity index (χ0v) is 26.0. The van der Waals surface area contributed by atoms with Crippen LogP contribution in [0.25, 0.3) is 0 Å². The first-order valence-electron chi connectivity index (χ1n) is 16.4. The van der Waals surface area contributed by atoms with Gasteiger partial charge in [0.1, 0.15) is 12.1 Å². The van der Waals surface area contributed by atoms with Gasteiger partial charge >= 0.3 is 0 Å². The monoisotopic (exact) mass is 564 g/mol. The number of anilines is 1. The van der Waals surface area contributed by atoms with Crippen molar-refractivity contribution in [2.45, 2.75) is 104 Å². The van der Waals surface area contributed by atoms with Gasteiger partial charge in [-0.05, 0) is 105 Å². The second-order valence-corrected chi connectivity index (χ2v) is 14.7. The van der Waals surface area contributed by atoms with Crippen molar-refractivity contribution >= 4 is 11.7 Å². The van der Waals surface area contributed by atoms with Crippen molar-refractivity contribution in [3.8, 4) is 5.88 Å². The van der Waals surface area contributed by atoms with E-state index in [0.717, 1.165) is 74.8 Å². The molecule has 1 amide bonds. The third-order valence-electron chi connectivity index (χ3n) is 12.8. The molecule has 1 saturated heterocycles. The number of fused-ring (bicyclic) bond motifs is 5. The maximum Gasteiger partial charge on any atom is 0.222 e. The number of hydrogen-bond acceptors (Lipinski definition) is 6. The van der Waals surface area contributed by atoms with Crippen LogP contribution in [0.4, 0.5) is 5.82 Å². The lowest BCUT2D eigenvalue weighted by Gasteiger charge is -2.58. The van der Waals surface area contributed by atoms with Gasteiger partial charge in [0, 0.05) is 38.2 Å². The van der Waals surface area contributed by atoms with Crippen molar-refractivity contribution < 1.29 is 14.6 Å². The van der Waals surface area contributed by atoms with E-state index in [4.69, 9.17) is 4.74 Å². The van der Waals surface area contributed by atoms with Gasteiger partial charge in [0.15, 0.2) is 0 Å². The van der Waals surface area contributed by atoms with E-state index in [-0.39, 0.29) is 12.1 Å². The zero-order valence-electron chi connectivity index (χ0n) is 26.0. The van der Waals surface area contributed by atoms with E-state index < -0.39 is 0 Å². The molecule has 0 bridgehead atoms. The number of ether oxygens (including phenoxy) is 1. The predicted molar refractivity (Wildman–Crippen MR) is 162 cm³/mol. The van der Waals surface area contributed by atoms with Crippen molar-refractivity contribution in [2.75, 3.05) is 31.6 Å². The summed E-state index contributed by atoms with van der Waals surface area (Å²) in [5.41, 5.74) is 2.27. The van der Waals surface area contributed by atoms with Gasteiger partial charge in [-0.2, -0.15) is 0 Å². The minimum atomic E-state index is -0.131. The number of allylic oxidation sites excluding steroid dienone is 1. The van der Waals surface area contributed by atoms with Gasteiger partial charge < -0.3 is 19.6 Å². The Morgan fingerprint density at radius 2 is 1.98 bits per heavy atom. The molecule has 7 heteroatoms. The summed E-state index contributed by atoms with van der Waals surface area (Å²) in [6.07, 6.45) is 15.2. The molecule has 4 aliphatic carbocycles. The van der Waals surface area contributed by atoms with Crippen molar-refractivity contribution in [3.05, 3.63) is 24.0 Å². The van der Waals surface area contributed by atoms with Crippen LogP contribution < -0.4 is 9.64 Å². The van der Waals surface area contributed by atoms with E-state index in [1.54, 1.807) is 19.0 Å². The van der Waals surface area contributed by atoms with E-state index in [1.165, 1.54) is 32.1 Å². The summed E-state index contributed by atoms with van der Waals surface area (Å²) >= 11 is 0. The molecule has 9 atom stereocenters. The van der Waals surface area contributed by atoms with Gasteiger partial charge in [0.05, 0.1) is 13.2 Å². The minimum Gasteiger partial charge on any atom is -0.481 e. The predicted octanol–water partition coefficient (Wildman–Crippen LogP) is 5.88. The topological polar surface area (TPSA) is 78.8 Å². The number of methoxy groups -OCH3 is 1. The zero-order chi connectivity index (χ0) is 28.9. The standard InChI is InChI=1S/C34H52N4O3/c1-22(6-11-32(40)38-17-16-37(20-23(38)2)30-19-31(41-5)36-21-35-30)27-9-10-28-26-8-7-24-18-25(39)12-14-33(24,3)29(26)13-15-34(27,28)4/h7,19,21-23,25-29,39H,6,8-18,20H2,1-5H3/t22-,23+,25+,26+,27-,28+,29+,33+,34-/m1/s1. The van der Waals surface area contributed by atoms with Crippen LogP contribution in [0, 0.1) is 40.4 Å². The minimum absolute atomic E-state index is 0.131. The smallest absolute Gasteiger partial charge is 0.222 e. The largest absolute Gasteiger partial charge is 0.481 e. The molecule has 3 saturated carbocycles. The fraction of sp³-hybridized carbons (Fsp3) is 0.794. The van der Waals surface area contributed by atoms with Crippen molar-refractivity contribution in [3.63, 3.8) is 0 Å². The third-order valence-corrected chi connectivity index (χ3v) is 12.8. The second-order valence-electron chi connectivity index (χ2n) is 14.7. The SMILES string of the molecule is COc1cc(N2CCN(C(=O)CC[C@@H](C)[C@H]3CC[C@H]4[C@@H]5CC=C6C[C@@H](O)CC[C@]6(C)[C@H]5CC[C@]34C)[C@@H](C)C2)ncn1. The Kier molecular flexibility index (Phi) is 7.88. The Morgan fingerprint density at radius 3 is 2.76 bits per heavy atom. The highest BCUT2D eigenvalue weighted by Gasteiger charge is 2.59. The normalized spacial score (nSPS) is 39.3. The first-order chi connectivity index (χ1) is 19.6. The highest BCUT2D eigenvalue weighted by atomic mass is 16.5. The van der Waals surface area contributed by atoms with E-state index in [0.29, 0.717) is 35.0 Å². The van der Waals surface area contributed by atoms with Crippen molar-refractivity contribution in [2.24, 2.45) is 40.4 Å². The average molecular weight is 565 g/mol. The van der Waals surface area contributed by atoms with E-state index in [9.17, 15) is 9.90 Å². The van der Waals surface area contributed by atoms with Crippen LogP contribution in [0.5, 0.6) is 5.88 Å². The molecule has 6 rings (SSSR count). The molecule has 1 aromatic heterocycles. The Balaban J connectivity index is 1.05. The number of aliphatic hydroxyl groups excluding tert-OH is 1. The summed E-state index contributed by atoms with van der Waals surface area (Å²) in [7, 11) is 1.62. The molecule has 0 aromatic carbocycles. The van der Waals surface area contributed by atoms with Crippen LogP contribution >= 0.6 is 0 Å². The number of rotatable bonds is 6. The van der Waals surface area contributed by atoms with Crippen LogP contribution in [0.15, 0.2) is 24.0 Å². The van der Waals surface area contributed by atoms with E-state index >= 15 is 0 Å². The number of piperazine rings is 1. The summed E-state index contributed by atoms with van der Waals surface area (Å²) < 4.78 is 5.27. The molecule has 1 aromatic rings. The Morgan fingerprint density at radius 1 is 1.15 bits per heavy atom. The fourth-order valence-corrected chi connectivity index (χ4v) is 10.5. The maximum atomic E-state index is 13.5. The number of amides is 1. The summed E-state index contributed by atoms with van der Waals surface area (Å²) in [5.74, 6) is 5.42. The summed E-state index contributed by atoms with van der Waals surface area (Å²) in [5, 5.41) is 10.3. The molecule has 226 valence electrons. The first kappa shape index (κ1) is 28.9. The lowest BCUT2D eigenvalue weighted by molar-refractivity contribution is -0.134. The summed E-state index contributed by atoms with van der Waals surface area (Å²) in [4.78, 5) is 26.3. The molecule has 5 aliphatic rings. The lowest BCUT2D eigenvalue weighted by Crippen LogP contribution is -2.54. The highest BCUT2D eigenvalue weighted by molar-refractivity contribution is 5.77. The molecular weight excluding hydrogens is 512 g/mol. The molecule has 1 aliphatic heterocycles. The van der Waals surface area contributed by atoms with Crippen molar-refractivity contribution in [1.29, 1.82) is 0 Å². The molecule has 0 unspecified atom stereocenters. The molecule has 4 fully saturated rings. The number of hydrogen-bond donors (Lipinski definition) is 1. The molecule has 0 spiro atoms. The van der Waals surface area contributed by atoms with Crippen LogP contribution in [0.1, 0.15) is 91.9 Å². The average Bonchev–Trinajstić information content (AvgIpc) is 3.33. The Hall–Kier alpha value is -2.15. The molecule has 41 heavy (non-hydrogen) atoms. The number of aromatic nitrogens is 2. The van der Waals surface area contributed by atoms with E-state index in [1.807, 2.05) is 6.07 Å². The molecule has 0 radical (unpaired) electrons. The van der Waals surface area contributed by atoms with Crippen LogP contribution in [0.3, 0.4) is 0 Å². The number of carbonyl (C=O) groups excluding carboxylic acids is 1. The lowest BCUT2D eigenvalue weighted by atomic mass is 9.47. The van der Waals surface area contributed by atoms with Crippen LogP contribution in [-0.4, -0.2) is 64.8 Å². The number of aliphatic hydroxyl groups is 1. The molecule has 7 nitrogen and oxygen atoms in total. The van der Waals surface area contributed by atoms with Gasteiger partial charge in [-0.25, -0.2) is 9.97 Å². The summed E-state index contributed by atoms with van der Waals surface area (Å²) in [6, 6.07) is 2.03. The van der Waals surface area contributed by atoms with Gasteiger partial charge in [-0.1, -0.05) is 32.4 Å². The van der Waals surface area contributed by atoms with Crippen LogP contribution in [-0.2, 0) is 4.79 Å². The van der Waals surface area contributed by atoms with Crippen molar-refractivity contribution in [1.82, 2.24) is 14.9 Å². The van der Waals surface area contributed by atoms with Gasteiger partial charge in [0.25, 0.3) is 0 Å². The maximum absolute atomic E-state index is 13.5. The van der Waals surface area contributed by atoms with Gasteiger partial charge in [0.2, 0.25) is 11.8 Å². The highest BCUT2D eigenvalue weighted by Crippen LogP contribution is 2.67. The Bertz CT molecular complexity index is 1160. The summed E-state index contributed by atoms with van der Waals surface area (Å²) in [6.45, 7) is 12.0. The Labute approximate surface area is 247 Å².